The van der Waals surface area contributed by atoms with Crippen LogP contribution in [0.15, 0.2) is 53.7 Å². The zero-order valence-corrected chi connectivity index (χ0v) is 11.1. The molecule has 1 heterocycles. The van der Waals surface area contributed by atoms with Crippen LogP contribution in [0.25, 0.3) is 0 Å². The topological polar surface area (TPSA) is 82.3 Å². The summed E-state index contributed by atoms with van der Waals surface area (Å²) < 4.78 is 5.05. The van der Waals surface area contributed by atoms with Crippen molar-refractivity contribution in [2.75, 3.05) is 0 Å². The predicted octanol–water partition coefficient (Wildman–Crippen LogP) is 3.42. The number of aromatic nitrogens is 1. The molecule has 0 amide bonds. The molecule has 102 valence electrons. The van der Waals surface area contributed by atoms with Gasteiger partial charge in [-0.05, 0) is 29.8 Å². The van der Waals surface area contributed by atoms with E-state index in [1.807, 2.05) is 0 Å². The molecule has 1 aromatic carbocycles. The highest BCUT2D eigenvalue weighted by molar-refractivity contribution is 8.13. The van der Waals surface area contributed by atoms with Crippen molar-refractivity contribution in [2.24, 2.45) is 0 Å². The van der Waals surface area contributed by atoms with Gasteiger partial charge in [0.15, 0.2) is 0 Å². The van der Waals surface area contributed by atoms with E-state index in [2.05, 4.69) is 4.98 Å². The number of carbonyl (C=O) groups is 1. The first kappa shape index (κ1) is 14.0. The van der Waals surface area contributed by atoms with E-state index in [9.17, 15) is 14.9 Å². The van der Waals surface area contributed by atoms with Gasteiger partial charge in [-0.1, -0.05) is 6.07 Å². The van der Waals surface area contributed by atoms with E-state index >= 15 is 0 Å². The van der Waals surface area contributed by atoms with Crippen molar-refractivity contribution < 1.29 is 14.5 Å². The number of hydrogen-bond donors (Lipinski definition) is 0. The second-order valence-corrected chi connectivity index (χ2v) is 4.69. The summed E-state index contributed by atoms with van der Waals surface area (Å²) in [5.74, 6) is 0. The first-order chi connectivity index (χ1) is 9.65. The molecule has 0 aliphatic rings. The molecule has 0 aliphatic heterocycles. The number of thioether (sulfide) groups is 1. The van der Waals surface area contributed by atoms with Crippen molar-refractivity contribution in [1.82, 2.24) is 4.98 Å². The molecule has 0 saturated heterocycles. The summed E-state index contributed by atoms with van der Waals surface area (Å²) in [6.07, 6.45) is 1.59. The molecule has 7 heteroatoms. The minimum Gasteiger partial charge on any atom is -0.452 e. The maximum Gasteiger partial charge on any atom is 0.373 e. The van der Waals surface area contributed by atoms with Crippen LogP contribution in [0.4, 0.5) is 10.5 Å². The predicted molar refractivity (Wildman–Crippen MR) is 73.4 cm³/mol. The Morgan fingerprint density at radius 3 is 2.60 bits per heavy atom. The number of hydrogen-bond acceptors (Lipinski definition) is 6. The van der Waals surface area contributed by atoms with Crippen molar-refractivity contribution in [3.05, 3.63) is 64.3 Å². The lowest BCUT2D eigenvalue weighted by atomic mass is 10.2. The third kappa shape index (κ3) is 4.06. The van der Waals surface area contributed by atoms with Gasteiger partial charge in [0.1, 0.15) is 11.6 Å². The van der Waals surface area contributed by atoms with Crippen LogP contribution in [0.1, 0.15) is 5.56 Å². The summed E-state index contributed by atoms with van der Waals surface area (Å²) in [4.78, 5) is 25.6. The summed E-state index contributed by atoms with van der Waals surface area (Å²) in [6, 6.07) is 11.1. The molecule has 1 aromatic heterocycles. The molecule has 0 atom stereocenters. The molecule has 6 nitrogen and oxygen atoms in total. The van der Waals surface area contributed by atoms with Crippen LogP contribution < -0.4 is 0 Å². The first-order valence-corrected chi connectivity index (χ1v) is 6.46. The monoisotopic (exact) mass is 290 g/mol. The summed E-state index contributed by atoms with van der Waals surface area (Å²) in [7, 11) is 0. The Kier molecular flexibility index (Phi) is 4.67. The zero-order valence-electron chi connectivity index (χ0n) is 10.3. The maximum absolute atomic E-state index is 11.6. The third-order valence-electron chi connectivity index (χ3n) is 2.33. The molecule has 0 bridgehead atoms. The Hall–Kier alpha value is -2.41. The van der Waals surface area contributed by atoms with E-state index in [-0.39, 0.29) is 12.3 Å². The van der Waals surface area contributed by atoms with Crippen molar-refractivity contribution in [3.8, 4) is 0 Å². The minimum atomic E-state index is -0.479. The lowest BCUT2D eigenvalue weighted by molar-refractivity contribution is -0.384. The maximum atomic E-state index is 11.6. The van der Waals surface area contributed by atoms with Gasteiger partial charge in [0.25, 0.3) is 5.69 Å². The SMILES string of the molecule is O=C(OCc1ccc([N+](=O)[O-])cc1)Sc1ccccn1. The Balaban J connectivity index is 1.85. The van der Waals surface area contributed by atoms with Crippen molar-refractivity contribution in [1.29, 1.82) is 0 Å². The second-order valence-electron chi connectivity index (χ2n) is 3.73. The summed E-state index contributed by atoms with van der Waals surface area (Å²) >= 11 is 0.890. The van der Waals surface area contributed by atoms with Crippen LogP contribution in [0.5, 0.6) is 0 Å². The van der Waals surface area contributed by atoms with Gasteiger partial charge in [0.2, 0.25) is 0 Å². The standard InChI is InChI=1S/C13H10N2O4S/c16-13(20-12-3-1-2-8-14-12)19-9-10-4-6-11(7-5-10)15(17)18/h1-8H,9H2. The minimum absolute atomic E-state index is 0.00272. The van der Waals surface area contributed by atoms with Crippen molar-refractivity contribution >= 4 is 22.8 Å². The molecule has 0 fully saturated rings. The molecule has 0 N–H and O–H groups in total. The molecule has 20 heavy (non-hydrogen) atoms. The van der Waals surface area contributed by atoms with Crippen molar-refractivity contribution in [3.63, 3.8) is 0 Å². The van der Waals surface area contributed by atoms with Gasteiger partial charge >= 0.3 is 5.30 Å². The van der Waals surface area contributed by atoms with E-state index in [0.29, 0.717) is 10.6 Å². The molecule has 0 aliphatic carbocycles. The van der Waals surface area contributed by atoms with Crippen LogP contribution in [0, 0.1) is 10.1 Å². The molecule has 0 saturated carbocycles. The van der Waals surface area contributed by atoms with Crippen molar-refractivity contribution in [2.45, 2.75) is 11.6 Å². The highest BCUT2D eigenvalue weighted by Gasteiger charge is 2.08. The van der Waals surface area contributed by atoms with Gasteiger partial charge in [-0.3, -0.25) is 10.1 Å². The van der Waals surface area contributed by atoms with Crippen LogP contribution in [-0.2, 0) is 11.3 Å². The van der Waals surface area contributed by atoms with Gasteiger partial charge in [-0.15, -0.1) is 0 Å². The zero-order chi connectivity index (χ0) is 14.4. The second kappa shape index (κ2) is 6.67. The Bertz CT molecular complexity index is 602. The number of pyridine rings is 1. The van der Waals surface area contributed by atoms with Crippen LogP contribution in [0.3, 0.4) is 0 Å². The smallest absolute Gasteiger partial charge is 0.373 e. The van der Waals surface area contributed by atoms with E-state index < -0.39 is 10.2 Å². The molecule has 0 radical (unpaired) electrons. The number of nitro benzene ring substituents is 1. The summed E-state index contributed by atoms with van der Waals surface area (Å²) in [6.45, 7) is 0.0661. The number of non-ortho nitro benzene ring substituents is 1. The largest absolute Gasteiger partial charge is 0.452 e. The lowest BCUT2D eigenvalue weighted by Crippen LogP contribution is -1.98. The van der Waals surface area contributed by atoms with E-state index in [1.54, 1.807) is 36.5 Å². The quantitative estimate of drug-likeness (QED) is 0.371. The number of nitrogens with zero attached hydrogens (tertiary/aromatic N) is 2. The Morgan fingerprint density at radius 1 is 1.25 bits per heavy atom. The van der Waals surface area contributed by atoms with Crippen LogP contribution in [0.2, 0.25) is 0 Å². The Morgan fingerprint density at radius 2 is 2.00 bits per heavy atom. The number of rotatable bonds is 4. The van der Waals surface area contributed by atoms with E-state index in [4.69, 9.17) is 4.74 Å². The average molecular weight is 290 g/mol. The van der Waals surface area contributed by atoms with Gasteiger partial charge in [-0.25, -0.2) is 9.78 Å². The summed E-state index contributed by atoms with van der Waals surface area (Å²) in [5.41, 5.74) is 0.688. The number of ether oxygens (including phenoxy) is 1. The van der Waals surface area contributed by atoms with Gasteiger partial charge in [-0.2, -0.15) is 0 Å². The highest BCUT2D eigenvalue weighted by Crippen LogP contribution is 2.18. The molecule has 0 unspecified atom stereocenters. The van der Waals surface area contributed by atoms with Crippen LogP contribution in [-0.4, -0.2) is 15.2 Å². The van der Waals surface area contributed by atoms with E-state index in [1.165, 1.54) is 12.1 Å². The third-order valence-corrected chi connectivity index (χ3v) is 3.06. The molecule has 2 rings (SSSR count). The number of nitro groups is 1. The van der Waals surface area contributed by atoms with Gasteiger partial charge in [0, 0.05) is 30.1 Å². The lowest BCUT2D eigenvalue weighted by Gasteiger charge is -2.03. The molecular weight excluding hydrogens is 280 g/mol. The summed E-state index contributed by atoms with van der Waals surface area (Å²) in [5, 5.41) is 10.6. The molecule has 0 spiro atoms. The average Bonchev–Trinajstić information content (AvgIpc) is 2.46. The highest BCUT2D eigenvalue weighted by atomic mass is 32.2. The number of benzene rings is 1. The Labute approximate surface area is 118 Å². The fraction of sp³-hybridized carbons (Fsp3) is 0.0769. The van der Waals surface area contributed by atoms with Crippen LogP contribution >= 0.6 is 11.8 Å². The molecule has 2 aromatic rings. The first-order valence-electron chi connectivity index (χ1n) is 5.64. The fourth-order valence-electron chi connectivity index (χ4n) is 1.38. The molecular formula is C13H10N2O4S. The number of carbonyl (C=O) groups excluding carboxylic acids is 1. The fourth-order valence-corrected chi connectivity index (χ4v) is 1.93. The van der Waals surface area contributed by atoms with Gasteiger partial charge in [0.05, 0.1) is 4.92 Å². The van der Waals surface area contributed by atoms with E-state index in [0.717, 1.165) is 11.8 Å². The normalized spacial score (nSPS) is 10.0. The van der Waals surface area contributed by atoms with Gasteiger partial charge < -0.3 is 4.74 Å².